The molecule has 3 nitrogen and oxygen atoms in total. The Labute approximate surface area is 121 Å². The van der Waals surface area contributed by atoms with Crippen molar-refractivity contribution in [2.75, 3.05) is 5.32 Å². The van der Waals surface area contributed by atoms with Gasteiger partial charge in [-0.3, -0.25) is 0 Å². The third-order valence-electron chi connectivity index (χ3n) is 4.67. The Balaban J connectivity index is 1.96. The molecule has 0 radical (unpaired) electrons. The van der Waals surface area contributed by atoms with Crippen LogP contribution in [0.4, 0.5) is 5.69 Å². The summed E-state index contributed by atoms with van der Waals surface area (Å²) in [4.78, 5) is 0. The fourth-order valence-electron chi connectivity index (χ4n) is 2.77. The Hall–Kier alpha value is -1.26. The van der Waals surface area contributed by atoms with E-state index in [2.05, 4.69) is 58.6 Å². The molecular formula is C16H22BNO2. The quantitative estimate of drug-likeness (QED) is 0.797. The van der Waals surface area contributed by atoms with Crippen LogP contribution in [0.3, 0.4) is 0 Å². The topological polar surface area (TPSA) is 30.5 Å². The number of rotatable bonds is 1. The van der Waals surface area contributed by atoms with Crippen molar-refractivity contribution >= 4 is 18.3 Å². The Morgan fingerprint density at radius 2 is 1.75 bits per heavy atom. The van der Waals surface area contributed by atoms with E-state index in [1.165, 1.54) is 16.8 Å². The van der Waals surface area contributed by atoms with E-state index in [1.807, 2.05) is 0 Å². The van der Waals surface area contributed by atoms with Crippen LogP contribution in [0, 0.1) is 6.92 Å². The van der Waals surface area contributed by atoms with Crippen LogP contribution in [-0.2, 0) is 15.7 Å². The summed E-state index contributed by atoms with van der Waals surface area (Å²) in [6.45, 7) is 14.4. The van der Waals surface area contributed by atoms with Crippen molar-refractivity contribution in [2.45, 2.75) is 52.2 Å². The first kappa shape index (κ1) is 13.7. The Morgan fingerprint density at radius 3 is 2.35 bits per heavy atom. The molecule has 1 fully saturated rings. The summed E-state index contributed by atoms with van der Waals surface area (Å²) >= 11 is 0. The molecular weight excluding hydrogens is 249 g/mol. The van der Waals surface area contributed by atoms with Gasteiger partial charge in [-0.05, 0) is 51.2 Å². The van der Waals surface area contributed by atoms with Crippen molar-refractivity contribution in [3.63, 3.8) is 0 Å². The predicted octanol–water partition coefficient (Wildman–Crippen LogP) is 2.78. The highest BCUT2D eigenvalue weighted by Crippen LogP contribution is 2.37. The summed E-state index contributed by atoms with van der Waals surface area (Å²) in [5.41, 5.74) is 5.23. The van der Waals surface area contributed by atoms with Gasteiger partial charge in [0.05, 0.1) is 11.2 Å². The summed E-state index contributed by atoms with van der Waals surface area (Å²) in [5.74, 6) is 0. The van der Waals surface area contributed by atoms with Gasteiger partial charge in [0.1, 0.15) is 0 Å². The molecule has 20 heavy (non-hydrogen) atoms. The maximum absolute atomic E-state index is 6.13. The van der Waals surface area contributed by atoms with Gasteiger partial charge in [-0.1, -0.05) is 18.7 Å². The van der Waals surface area contributed by atoms with E-state index < -0.39 is 0 Å². The maximum Gasteiger partial charge on any atom is 0.494 e. The number of hydrogen-bond donors (Lipinski definition) is 1. The van der Waals surface area contributed by atoms with Crippen LogP contribution >= 0.6 is 0 Å². The third kappa shape index (κ3) is 1.98. The molecule has 0 unspecified atom stereocenters. The molecule has 1 aromatic rings. The van der Waals surface area contributed by atoms with Crippen LogP contribution in [0.1, 0.15) is 38.8 Å². The van der Waals surface area contributed by atoms with Crippen molar-refractivity contribution in [3.8, 4) is 0 Å². The minimum absolute atomic E-state index is 0.294. The van der Waals surface area contributed by atoms with Crippen LogP contribution in [-0.4, -0.2) is 18.3 Å². The van der Waals surface area contributed by atoms with E-state index in [0.29, 0.717) is 0 Å². The predicted molar refractivity (Wildman–Crippen MR) is 83.4 cm³/mol. The second-order valence-electron chi connectivity index (χ2n) is 6.87. The first-order chi connectivity index (χ1) is 9.19. The monoisotopic (exact) mass is 271 g/mol. The van der Waals surface area contributed by atoms with Crippen molar-refractivity contribution < 1.29 is 9.31 Å². The average molecular weight is 271 g/mol. The number of anilines is 1. The summed E-state index contributed by atoms with van der Waals surface area (Å²) in [7, 11) is -0.294. The second kappa shape index (κ2) is 4.12. The lowest BCUT2D eigenvalue weighted by atomic mass is 9.77. The maximum atomic E-state index is 6.13. The number of aryl methyl sites for hydroxylation is 1. The summed E-state index contributed by atoms with van der Waals surface area (Å²) in [6.07, 6.45) is 0.878. The highest BCUT2D eigenvalue weighted by Gasteiger charge is 2.51. The first-order valence-electron chi connectivity index (χ1n) is 7.13. The van der Waals surface area contributed by atoms with Crippen molar-refractivity contribution in [2.24, 2.45) is 0 Å². The number of benzene rings is 1. The van der Waals surface area contributed by atoms with Gasteiger partial charge in [0.25, 0.3) is 0 Å². The van der Waals surface area contributed by atoms with Gasteiger partial charge in [-0.15, -0.1) is 0 Å². The molecule has 1 saturated heterocycles. The summed E-state index contributed by atoms with van der Waals surface area (Å²) in [6, 6.07) is 4.32. The Kier molecular flexibility index (Phi) is 2.83. The second-order valence-corrected chi connectivity index (χ2v) is 6.87. The number of nitrogens with one attached hydrogen (secondary N) is 1. The van der Waals surface area contributed by atoms with Crippen molar-refractivity contribution in [3.05, 3.63) is 35.5 Å². The molecule has 3 rings (SSSR count). The molecule has 0 aromatic heterocycles. The highest BCUT2D eigenvalue weighted by molar-refractivity contribution is 6.62. The van der Waals surface area contributed by atoms with Crippen molar-refractivity contribution in [1.82, 2.24) is 0 Å². The van der Waals surface area contributed by atoms with Gasteiger partial charge < -0.3 is 14.6 Å². The highest BCUT2D eigenvalue weighted by atomic mass is 16.7. The zero-order chi connectivity index (χ0) is 14.7. The number of allylic oxidation sites excluding steroid dienone is 1. The van der Waals surface area contributed by atoms with Crippen LogP contribution < -0.4 is 10.8 Å². The minimum Gasteiger partial charge on any atom is -0.399 e. The minimum atomic E-state index is -0.299. The molecule has 2 heterocycles. The molecule has 106 valence electrons. The molecule has 2 aliphatic heterocycles. The molecule has 1 N–H and O–H groups in total. The van der Waals surface area contributed by atoms with E-state index in [-0.39, 0.29) is 18.3 Å². The lowest BCUT2D eigenvalue weighted by Crippen LogP contribution is -2.41. The van der Waals surface area contributed by atoms with Gasteiger partial charge in [0.2, 0.25) is 0 Å². The molecule has 0 spiro atoms. The zero-order valence-electron chi connectivity index (χ0n) is 13.0. The van der Waals surface area contributed by atoms with E-state index in [9.17, 15) is 0 Å². The molecule has 4 heteroatoms. The molecule has 0 atom stereocenters. The largest absolute Gasteiger partial charge is 0.494 e. The SMILES string of the molecule is C=C1Cc2cc(B3OC(C)(C)C(C)(C)O3)cc(C)c2N1. The van der Waals surface area contributed by atoms with Gasteiger partial charge >= 0.3 is 7.12 Å². The van der Waals surface area contributed by atoms with Gasteiger partial charge in [0.15, 0.2) is 0 Å². The van der Waals surface area contributed by atoms with Crippen LogP contribution in [0.25, 0.3) is 0 Å². The average Bonchev–Trinajstić information content (AvgIpc) is 2.77. The van der Waals surface area contributed by atoms with Crippen LogP contribution in [0.15, 0.2) is 24.4 Å². The van der Waals surface area contributed by atoms with E-state index in [4.69, 9.17) is 9.31 Å². The van der Waals surface area contributed by atoms with Gasteiger partial charge in [0, 0.05) is 17.8 Å². The van der Waals surface area contributed by atoms with E-state index in [1.54, 1.807) is 0 Å². The number of fused-ring (bicyclic) bond motifs is 1. The molecule has 0 saturated carbocycles. The van der Waals surface area contributed by atoms with Gasteiger partial charge in [-0.25, -0.2) is 0 Å². The lowest BCUT2D eigenvalue weighted by molar-refractivity contribution is 0.00578. The number of hydrogen-bond acceptors (Lipinski definition) is 3. The lowest BCUT2D eigenvalue weighted by Gasteiger charge is -2.32. The fraction of sp³-hybridized carbons (Fsp3) is 0.500. The molecule has 0 aliphatic carbocycles. The molecule has 0 bridgehead atoms. The molecule has 0 amide bonds. The fourth-order valence-corrected chi connectivity index (χ4v) is 2.77. The smallest absolute Gasteiger partial charge is 0.399 e. The Bertz CT molecular complexity index is 576. The summed E-state index contributed by atoms with van der Waals surface area (Å²) in [5, 5.41) is 3.34. The molecule has 1 aromatic carbocycles. The zero-order valence-corrected chi connectivity index (χ0v) is 13.0. The first-order valence-corrected chi connectivity index (χ1v) is 7.13. The Morgan fingerprint density at radius 1 is 1.15 bits per heavy atom. The van der Waals surface area contributed by atoms with Gasteiger partial charge in [-0.2, -0.15) is 0 Å². The van der Waals surface area contributed by atoms with Crippen LogP contribution in [0.5, 0.6) is 0 Å². The normalized spacial score (nSPS) is 22.9. The third-order valence-corrected chi connectivity index (χ3v) is 4.67. The summed E-state index contributed by atoms with van der Waals surface area (Å²) < 4.78 is 12.3. The molecule has 2 aliphatic rings. The van der Waals surface area contributed by atoms with E-state index in [0.717, 1.165) is 17.6 Å². The van der Waals surface area contributed by atoms with E-state index >= 15 is 0 Å². The van der Waals surface area contributed by atoms with Crippen molar-refractivity contribution in [1.29, 1.82) is 0 Å². The van der Waals surface area contributed by atoms with Crippen LogP contribution in [0.2, 0.25) is 0 Å². The standard InChI is InChI=1S/C16H22BNO2/c1-10-7-13(9-12-8-11(2)18-14(10)12)17-19-15(3,4)16(5,6)20-17/h7,9,18H,2,8H2,1,3-6H3.